The van der Waals surface area contributed by atoms with Crippen LogP contribution in [0.25, 0.3) is 11.1 Å². The molecule has 1 heterocycles. The van der Waals surface area contributed by atoms with Crippen molar-refractivity contribution in [2.24, 2.45) is 5.92 Å². The third kappa shape index (κ3) is 4.58. The van der Waals surface area contributed by atoms with Crippen molar-refractivity contribution in [2.75, 3.05) is 33.8 Å². The fourth-order valence-corrected chi connectivity index (χ4v) is 3.61. The summed E-state index contributed by atoms with van der Waals surface area (Å²) in [6, 6.07) is 12.3. The average molecular weight is 382 g/mol. The molecular formula is C22H26N2O4. The van der Waals surface area contributed by atoms with Gasteiger partial charge in [0.05, 0.1) is 19.3 Å². The average Bonchev–Trinajstić information content (AvgIpc) is 3.16. The first-order chi connectivity index (χ1) is 13.5. The van der Waals surface area contributed by atoms with Gasteiger partial charge in [0.1, 0.15) is 0 Å². The number of nitrogens with one attached hydrogen (secondary N) is 1. The molecular weight excluding hydrogens is 356 g/mol. The van der Waals surface area contributed by atoms with Gasteiger partial charge in [0.25, 0.3) is 5.91 Å². The van der Waals surface area contributed by atoms with Crippen LogP contribution in [0.1, 0.15) is 32.7 Å². The maximum atomic E-state index is 12.6. The highest BCUT2D eigenvalue weighted by atomic mass is 16.5. The van der Waals surface area contributed by atoms with Gasteiger partial charge in [0.15, 0.2) is 0 Å². The molecule has 2 aromatic rings. The lowest BCUT2D eigenvalue weighted by Gasteiger charge is -2.13. The molecule has 3 rings (SSSR count). The number of aliphatic hydroxyl groups excluding tert-OH is 1. The van der Waals surface area contributed by atoms with E-state index >= 15 is 0 Å². The van der Waals surface area contributed by atoms with Crippen LogP contribution in [0.4, 0.5) is 0 Å². The van der Waals surface area contributed by atoms with Crippen LogP contribution in [-0.4, -0.2) is 55.7 Å². The number of esters is 1. The first-order valence-corrected chi connectivity index (χ1v) is 9.41. The second kappa shape index (κ2) is 8.99. The van der Waals surface area contributed by atoms with Crippen LogP contribution in [0.15, 0.2) is 42.5 Å². The second-order valence-electron chi connectivity index (χ2n) is 7.23. The van der Waals surface area contributed by atoms with E-state index in [1.165, 1.54) is 7.11 Å². The van der Waals surface area contributed by atoms with Gasteiger partial charge in [-0.25, -0.2) is 4.79 Å². The minimum Gasteiger partial charge on any atom is -0.465 e. The SMILES string of the molecule is COC(=O)c1ccc(-c2cccc(C(=O)NCC3CCN(C)C3)c2)c(CO)c1. The monoisotopic (exact) mass is 382 g/mol. The molecule has 1 amide bonds. The topological polar surface area (TPSA) is 78.9 Å². The Kier molecular flexibility index (Phi) is 6.44. The number of methoxy groups -OCH3 is 1. The molecule has 0 spiro atoms. The van der Waals surface area contributed by atoms with Gasteiger partial charge in [-0.15, -0.1) is 0 Å². The lowest BCUT2D eigenvalue weighted by Crippen LogP contribution is -2.30. The van der Waals surface area contributed by atoms with Gasteiger partial charge in [0.2, 0.25) is 0 Å². The molecule has 1 unspecified atom stereocenters. The van der Waals surface area contributed by atoms with E-state index in [1.807, 2.05) is 18.2 Å². The third-order valence-electron chi connectivity index (χ3n) is 5.17. The molecule has 6 nitrogen and oxygen atoms in total. The molecule has 1 atom stereocenters. The fourth-order valence-electron chi connectivity index (χ4n) is 3.61. The number of rotatable bonds is 6. The molecule has 1 aliphatic rings. The summed E-state index contributed by atoms with van der Waals surface area (Å²) in [7, 11) is 3.41. The Bertz CT molecular complexity index is 865. The Morgan fingerprint density at radius 2 is 2.04 bits per heavy atom. The quantitative estimate of drug-likeness (QED) is 0.750. The van der Waals surface area contributed by atoms with E-state index in [1.54, 1.807) is 24.3 Å². The second-order valence-corrected chi connectivity index (χ2v) is 7.23. The normalized spacial score (nSPS) is 16.8. The number of benzene rings is 2. The summed E-state index contributed by atoms with van der Waals surface area (Å²) in [5.41, 5.74) is 3.15. The number of carbonyl (C=O) groups excluding carboxylic acids is 2. The van der Waals surface area contributed by atoms with Gasteiger partial charge >= 0.3 is 5.97 Å². The van der Waals surface area contributed by atoms with Crippen molar-refractivity contribution in [1.82, 2.24) is 10.2 Å². The zero-order valence-corrected chi connectivity index (χ0v) is 16.3. The van der Waals surface area contributed by atoms with E-state index < -0.39 is 5.97 Å². The number of carbonyl (C=O) groups is 2. The zero-order valence-electron chi connectivity index (χ0n) is 16.3. The lowest BCUT2D eigenvalue weighted by molar-refractivity contribution is 0.0600. The highest BCUT2D eigenvalue weighted by Crippen LogP contribution is 2.26. The largest absolute Gasteiger partial charge is 0.465 e. The minimum absolute atomic E-state index is 0.104. The van der Waals surface area contributed by atoms with Crippen molar-refractivity contribution >= 4 is 11.9 Å². The summed E-state index contributed by atoms with van der Waals surface area (Å²) in [5.74, 6) is -0.0657. The van der Waals surface area contributed by atoms with Crippen LogP contribution < -0.4 is 5.32 Å². The number of hydrogen-bond donors (Lipinski definition) is 2. The van der Waals surface area contributed by atoms with Crippen LogP contribution in [0, 0.1) is 5.92 Å². The van der Waals surface area contributed by atoms with Gasteiger partial charge in [-0.05, 0) is 66.9 Å². The first kappa shape index (κ1) is 20.0. The molecule has 28 heavy (non-hydrogen) atoms. The van der Waals surface area contributed by atoms with Crippen LogP contribution in [0.3, 0.4) is 0 Å². The van der Waals surface area contributed by atoms with Gasteiger partial charge in [-0.1, -0.05) is 18.2 Å². The summed E-state index contributed by atoms with van der Waals surface area (Å²) >= 11 is 0. The summed E-state index contributed by atoms with van der Waals surface area (Å²) in [6.45, 7) is 2.53. The Labute approximate surface area is 165 Å². The van der Waals surface area contributed by atoms with Crippen LogP contribution >= 0.6 is 0 Å². The molecule has 6 heteroatoms. The Morgan fingerprint density at radius 1 is 1.21 bits per heavy atom. The standard InChI is InChI=1S/C22H26N2O4/c1-24-9-8-15(13-24)12-23-21(26)17-5-3-4-16(10-17)20-7-6-18(22(27)28-2)11-19(20)14-25/h3-7,10-11,15,25H,8-9,12-14H2,1-2H3,(H,23,26). The molecule has 148 valence electrons. The predicted molar refractivity (Wildman–Crippen MR) is 107 cm³/mol. The molecule has 0 aliphatic carbocycles. The van der Waals surface area contributed by atoms with Crippen LogP contribution in [0.2, 0.25) is 0 Å². The summed E-state index contributed by atoms with van der Waals surface area (Å²) in [5, 5.41) is 12.8. The van der Waals surface area contributed by atoms with E-state index in [9.17, 15) is 14.7 Å². The van der Waals surface area contributed by atoms with Crippen LogP contribution in [0.5, 0.6) is 0 Å². The number of ether oxygens (including phenoxy) is 1. The molecule has 1 fully saturated rings. The summed E-state index contributed by atoms with van der Waals surface area (Å²) in [4.78, 5) is 26.6. The van der Waals surface area contributed by atoms with Crippen LogP contribution in [-0.2, 0) is 11.3 Å². The number of nitrogens with zero attached hydrogens (tertiary/aromatic N) is 1. The van der Waals surface area contributed by atoms with Crippen molar-refractivity contribution < 1.29 is 19.4 Å². The van der Waals surface area contributed by atoms with Crippen molar-refractivity contribution in [3.05, 3.63) is 59.2 Å². The van der Waals surface area contributed by atoms with E-state index in [0.29, 0.717) is 29.2 Å². The lowest BCUT2D eigenvalue weighted by atomic mass is 9.96. The van der Waals surface area contributed by atoms with Crippen molar-refractivity contribution in [3.8, 4) is 11.1 Å². The maximum absolute atomic E-state index is 12.6. The minimum atomic E-state index is -0.452. The zero-order chi connectivity index (χ0) is 20.1. The summed E-state index contributed by atoms with van der Waals surface area (Å²) < 4.78 is 4.73. The molecule has 0 aromatic heterocycles. The number of likely N-dealkylation sites (tertiary alicyclic amines) is 1. The van der Waals surface area contributed by atoms with E-state index in [2.05, 4.69) is 17.3 Å². The Morgan fingerprint density at radius 3 is 2.71 bits per heavy atom. The Balaban J connectivity index is 1.77. The number of aliphatic hydroxyl groups is 1. The maximum Gasteiger partial charge on any atom is 0.337 e. The molecule has 0 radical (unpaired) electrons. The Hall–Kier alpha value is -2.70. The highest BCUT2D eigenvalue weighted by molar-refractivity contribution is 5.96. The van der Waals surface area contributed by atoms with Gasteiger partial charge < -0.3 is 20.1 Å². The number of amides is 1. The fraction of sp³-hybridized carbons (Fsp3) is 0.364. The van der Waals surface area contributed by atoms with Crippen molar-refractivity contribution in [3.63, 3.8) is 0 Å². The molecule has 2 N–H and O–H groups in total. The van der Waals surface area contributed by atoms with Gasteiger partial charge in [-0.3, -0.25) is 4.79 Å². The predicted octanol–water partition coefficient (Wildman–Crippen LogP) is 2.31. The molecule has 0 saturated carbocycles. The molecule has 1 saturated heterocycles. The van der Waals surface area contributed by atoms with Crippen molar-refractivity contribution in [2.45, 2.75) is 13.0 Å². The van der Waals surface area contributed by atoms with Gasteiger partial charge in [-0.2, -0.15) is 0 Å². The molecule has 1 aliphatic heterocycles. The van der Waals surface area contributed by atoms with E-state index in [0.717, 1.165) is 30.6 Å². The summed E-state index contributed by atoms with van der Waals surface area (Å²) in [6.07, 6.45) is 1.10. The molecule has 2 aromatic carbocycles. The first-order valence-electron chi connectivity index (χ1n) is 9.41. The third-order valence-corrected chi connectivity index (χ3v) is 5.17. The van der Waals surface area contributed by atoms with E-state index in [4.69, 9.17) is 4.74 Å². The number of hydrogen-bond acceptors (Lipinski definition) is 5. The van der Waals surface area contributed by atoms with Gasteiger partial charge in [0, 0.05) is 18.7 Å². The highest BCUT2D eigenvalue weighted by Gasteiger charge is 2.20. The van der Waals surface area contributed by atoms with E-state index in [-0.39, 0.29) is 12.5 Å². The molecule has 0 bridgehead atoms. The van der Waals surface area contributed by atoms with Crippen molar-refractivity contribution in [1.29, 1.82) is 0 Å². The smallest absolute Gasteiger partial charge is 0.337 e.